The maximum atomic E-state index is 12.2. The largest absolute Gasteiger partial charge is 0.452 e. The van der Waals surface area contributed by atoms with E-state index >= 15 is 0 Å². The maximum Gasteiger partial charge on any atom is 0.256 e. The monoisotopic (exact) mass is 257 g/mol. The van der Waals surface area contributed by atoms with Crippen LogP contribution in [0.3, 0.4) is 0 Å². The summed E-state index contributed by atoms with van der Waals surface area (Å²) in [6, 6.07) is 5.91. The summed E-state index contributed by atoms with van der Waals surface area (Å²) in [5.74, 6) is 0.252. The maximum absolute atomic E-state index is 12.2. The summed E-state index contributed by atoms with van der Waals surface area (Å²) in [6.45, 7) is 3.93. The van der Waals surface area contributed by atoms with Crippen LogP contribution in [0.2, 0.25) is 0 Å². The van der Waals surface area contributed by atoms with E-state index in [4.69, 9.17) is 4.42 Å². The van der Waals surface area contributed by atoms with Gasteiger partial charge in [0, 0.05) is 22.5 Å². The number of fused-ring (bicyclic) bond motifs is 1. The van der Waals surface area contributed by atoms with Crippen molar-refractivity contribution in [2.24, 2.45) is 0 Å². The highest BCUT2D eigenvalue weighted by molar-refractivity contribution is 7.11. The highest BCUT2D eigenvalue weighted by Crippen LogP contribution is 2.28. The van der Waals surface area contributed by atoms with E-state index in [1.54, 1.807) is 11.6 Å². The number of ketones is 1. The molecule has 0 unspecified atom stereocenters. The van der Waals surface area contributed by atoms with Crippen LogP contribution in [0.1, 0.15) is 26.7 Å². The third-order valence-corrected chi connectivity index (χ3v) is 3.70. The lowest BCUT2D eigenvalue weighted by atomic mass is 10.1. The van der Waals surface area contributed by atoms with Gasteiger partial charge in [0.2, 0.25) is 0 Å². The summed E-state index contributed by atoms with van der Waals surface area (Å²) in [5.41, 5.74) is 2.78. The van der Waals surface area contributed by atoms with Gasteiger partial charge in [-0.2, -0.15) is 0 Å². The van der Waals surface area contributed by atoms with E-state index < -0.39 is 0 Å². The van der Waals surface area contributed by atoms with Crippen LogP contribution in [0, 0.1) is 13.8 Å². The molecule has 4 heteroatoms. The molecule has 0 aliphatic rings. The first kappa shape index (κ1) is 11.2. The molecule has 3 rings (SSSR count). The van der Waals surface area contributed by atoms with Crippen LogP contribution >= 0.6 is 11.3 Å². The Morgan fingerprint density at radius 1 is 1.33 bits per heavy atom. The zero-order valence-corrected chi connectivity index (χ0v) is 10.9. The Hall–Kier alpha value is -1.94. The normalized spacial score (nSPS) is 11.0. The van der Waals surface area contributed by atoms with Gasteiger partial charge in [-0.3, -0.25) is 4.79 Å². The molecule has 2 aromatic heterocycles. The fourth-order valence-corrected chi connectivity index (χ4v) is 2.56. The van der Waals surface area contributed by atoms with E-state index in [1.165, 1.54) is 11.3 Å². The summed E-state index contributed by atoms with van der Waals surface area (Å²) in [6.07, 6.45) is 1.63. The van der Waals surface area contributed by atoms with Gasteiger partial charge in [0.1, 0.15) is 5.58 Å². The minimum Gasteiger partial charge on any atom is -0.452 e. The third-order valence-electron chi connectivity index (χ3n) is 2.92. The van der Waals surface area contributed by atoms with Gasteiger partial charge in [0.15, 0.2) is 10.8 Å². The van der Waals surface area contributed by atoms with Crippen molar-refractivity contribution in [3.8, 4) is 0 Å². The molecule has 0 fully saturated rings. The zero-order valence-electron chi connectivity index (χ0n) is 10.1. The van der Waals surface area contributed by atoms with E-state index in [0.29, 0.717) is 10.8 Å². The first-order valence-corrected chi connectivity index (χ1v) is 6.49. The summed E-state index contributed by atoms with van der Waals surface area (Å²) in [5, 5.41) is 3.25. The number of carbonyl (C=O) groups is 1. The molecule has 0 amide bonds. The van der Waals surface area contributed by atoms with Crippen molar-refractivity contribution >= 4 is 28.1 Å². The quantitative estimate of drug-likeness (QED) is 0.657. The first-order valence-electron chi connectivity index (χ1n) is 5.61. The number of aryl methyl sites for hydroxylation is 2. The van der Waals surface area contributed by atoms with Crippen molar-refractivity contribution in [3.05, 3.63) is 51.7 Å². The lowest BCUT2D eigenvalue weighted by Crippen LogP contribution is -2.00. The molecule has 0 bridgehead atoms. The van der Waals surface area contributed by atoms with Crippen LogP contribution in [0.15, 0.2) is 34.2 Å². The van der Waals surface area contributed by atoms with Crippen LogP contribution in [0.4, 0.5) is 0 Å². The molecule has 0 aliphatic carbocycles. The standard InChI is InChI=1S/C14H11NO2S/c1-8-3-4-11-10(7-8)9(2)13(17-11)12(16)14-15-5-6-18-14/h3-7H,1-2H3. The van der Waals surface area contributed by atoms with E-state index in [-0.39, 0.29) is 5.78 Å². The molecule has 0 N–H and O–H groups in total. The van der Waals surface area contributed by atoms with Gasteiger partial charge in [0.25, 0.3) is 5.78 Å². The Balaban J connectivity index is 2.19. The van der Waals surface area contributed by atoms with Gasteiger partial charge in [-0.15, -0.1) is 11.3 Å². The number of hydrogen-bond donors (Lipinski definition) is 0. The Labute approximate surface area is 108 Å². The molecule has 0 saturated carbocycles. The van der Waals surface area contributed by atoms with Gasteiger partial charge in [-0.1, -0.05) is 11.6 Å². The highest BCUT2D eigenvalue weighted by atomic mass is 32.1. The molecular weight excluding hydrogens is 246 g/mol. The molecule has 90 valence electrons. The summed E-state index contributed by atoms with van der Waals surface area (Å²) in [7, 11) is 0. The van der Waals surface area contributed by atoms with Crippen LogP contribution in [0.5, 0.6) is 0 Å². The average Bonchev–Trinajstić information content (AvgIpc) is 2.98. The van der Waals surface area contributed by atoms with Gasteiger partial charge in [0.05, 0.1) is 0 Å². The van der Waals surface area contributed by atoms with Gasteiger partial charge >= 0.3 is 0 Å². The molecule has 0 spiro atoms. The second kappa shape index (κ2) is 4.07. The van der Waals surface area contributed by atoms with Crippen molar-refractivity contribution in [1.29, 1.82) is 0 Å². The molecule has 0 atom stereocenters. The number of rotatable bonds is 2. The number of furan rings is 1. The number of hydrogen-bond acceptors (Lipinski definition) is 4. The molecule has 0 radical (unpaired) electrons. The Kier molecular flexibility index (Phi) is 2.52. The number of nitrogens with zero attached hydrogens (tertiary/aromatic N) is 1. The minimum atomic E-state index is -0.142. The van der Waals surface area contributed by atoms with Crippen LogP contribution < -0.4 is 0 Å². The van der Waals surface area contributed by atoms with E-state index in [0.717, 1.165) is 22.1 Å². The Morgan fingerprint density at radius 2 is 2.17 bits per heavy atom. The Bertz CT molecular complexity index is 726. The van der Waals surface area contributed by atoms with Gasteiger partial charge in [-0.25, -0.2) is 4.98 Å². The predicted molar refractivity (Wildman–Crippen MR) is 71.2 cm³/mol. The molecule has 0 aliphatic heterocycles. The lowest BCUT2D eigenvalue weighted by Gasteiger charge is -1.93. The highest BCUT2D eigenvalue weighted by Gasteiger charge is 2.20. The summed E-state index contributed by atoms with van der Waals surface area (Å²) < 4.78 is 5.66. The molecule has 3 nitrogen and oxygen atoms in total. The van der Waals surface area contributed by atoms with E-state index in [9.17, 15) is 4.79 Å². The topological polar surface area (TPSA) is 43.1 Å². The summed E-state index contributed by atoms with van der Waals surface area (Å²) >= 11 is 1.33. The Morgan fingerprint density at radius 3 is 2.89 bits per heavy atom. The van der Waals surface area contributed by atoms with Crippen LogP contribution in [-0.2, 0) is 0 Å². The smallest absolute Gasteiger partial charge is 0.256 e. The second-order valence-electron chi connectivity index (χ2n) is 4.22. The van der Waals surface area contributed by atoms with Crippen LogP contribution in [0.25, 0.3) is 11.0 Å². The fourth-order valence-electron chi connectivity index (χ4n) is 1.98. The number of carbonyl (C=O) groups excluding carboxylic acids is 1. The van der Waals surface area contributed by atoms with E-state index in [2.05, 4.69) is 4.98 Å². The number of benzene rings is 1. The first-order chi connectivity index (χ1) is 8.66. The van der Waals surface area contributed by atoms with Crippen molar-refractivity contribution in [3.63, 3.8) is 0 Å². The minimum absolute atomic E-state index is 0.142. The number of aromatic nitrogens is 1. The molecule has 0 saturated heterocycles. The number of thiazole rings is 1. The zero-order chi connectivity index (χ0) is 12.7. The third kappa shape index (κ3) is 1.66. The van der Waals surface area contributed by atoms with Gasteiger partial charge in [-0.05, 0) is 26.0 Å². The average molecular weight is 257 g/mol. The van der Waals surface area contributed by atoms with Crippen molar-refractivity contribution < 1.29 is 9.21 Å². The van der Waals surface area contributed by atoms with Crippen LogP contribution in [-0.4, -0.2) is 10.8 Å². The van der Waals surface area contributed by atoms with Crippen molar-refractivity contribution in [2.45, 2.75) is 13.8 Å². The molecular formula is C14H11NO2S. The van der Waals surface area contributed by atoms with Crippen molar-refractivity contribution in [1.82, 2.24) is 4.98 Å². The molecule has 2 heterocycles. The summed E-state index contributed by atoms with van der Waals surface area (Å²) in [4.78, 5) is 16.3. The molecule has 1 aromatic carbocycles. The molecule has 3 aromatic rings. The second-order valence-corrected chi connectivity index (χ2v) is 5.12. The molecule has 18 heavy (non-hydrogen) atoms. The van der Waals surface area contributed by atoms with E-state index in [1.807, 2.05) is 32.0 Å². The van der Waals surface area contributed by atoms with Gasteiger partial charge < -0.3 is 4.42 Å². The lowest BCUT2D eigenvalue weighted by molar-refractivity contribution is 0.101. The fraction of sp³-hybridized carbons (Fsp3) is 0.143. The SMILES string of the molecule is Cc1ccc2oc(C(=O)c3nccs3)c(C)c2c1. The predicted octanol–water partition coefficient (Wildman–Crippen LogP) is 3.74. The van der Waals surface area contributed by atoms with Crippen molar-refractivity contribution in [2.75, 3.05) is 0 Å².